The summed E-state index contributed by atoms with van der Waals surface area (Å²) in [6.45, 7) is 1.46. The maximum atomic E-state index is 10.9. The van der Waals surface area contributed by atoms with E-state index >= 15 is 0 Å². The number of hydrogen-bond donors (Lipinski definition) is 3. The number of aliphatic carboxylic acids is 1. The third kappa shape index (κ3) is 2.80. The molecule has 0 radical (unpaired) electrons. The summed E-state index contributed by atoms with van der Waals surface area (Å²) in [5.74, 6) is -1.14. The molecule has 0 saturated heterocycles. The van der Waals surface area contributed by atoms with Crippen LogP contribution in [0.25, 0.3) is 0 Å². The van der Waals surface area contributed by atoms with E-state index in [1.54, 1.807) is 12.1 Å². The van der Waals surface area contributed by atoms with Gasteiger partial charge in [-0.3, -0.25) is 9.59 Å². The van der Waals surface area contributed by atoms with Crippen molar-refractivity contribution >= 4 is 23.3 Å². The van der Waals surface area contributed by atoms with Crippen LogP contribution in [0.4, 0.5) is 11.4 Å². The van der Waals surface area contributed by atoms with E-state index < -0.39 is 5.97 Å². The minimum absolute atomic E-state index is 0.00844. The summed E-state index contributed by atoms with van der Waals surface area (Å²) in [6.07, 6.45) is 1.61. The van der Waals surface area contributed by atoms with Crippen LogP contribution in [-0.2, 0) is 9.59 Å². The maximum Gasteiger partial charge on any atom is 0.308 e. The van der Waals surface area contributed by atoms with Crippen molar-refractivity contribution in [3.05, 3.63) is 24.3 Å². The zero-order chi connectivity index (χ0) is 13.1. The van der Waals surface area contributed by atoms with Crippen molar-refractivity contribution in [1.82, 2.24) is 0 Å². The molecule has 1 aromatic rings. The predicted octanol–water partition coefficient (Wildman–Crippen LogP) is 1.92. The van der Waals surface area contributed by atoms with E-state index in [1.807, 2.05) is 12.1 Å². The second kappa shape index (κ2) is 5.08. The van der Waals surface area contributed by atoms with Gasteiger partial charge < -0.3 is 15.7 Å². The summed E-state index contributed by atoms with van der Waals surface area (Å²) in [6, 6.07) is 7.26. The summed E-state index contributed by atoms with van der Waals surface area (Å²) >= 11 is 0. The quantitative estimate of drug-likeness (QED) is 0.760. The Kier molecular flexibility index (Phi) is 3.50. The van der Waals surface area contributed by atoms with Gasteiger partial charge in [0, 0.05) is 24.3 Å². The molecule has 0 aliphatic heterocycles. The van der Waals surface area contributed by atoms with Crippen LogP contribution in [0.2, 0.25) is 0 Å². The molecule has 1 saturated carbocycles. The summed E-state index contributed by atoms with van der Waals surface area (Å²) in [4.78, 5) is 21.7. The maximum absolute atomic E-state index is 10.9. The van der Waals surface area contributed by atoms with E-state index in [0.29, 0.717) is 0 Å². The molecular weight excluding hydrogens is 232 g/mol. The molecule has 1 amide bonds. The number of carboxylic acid groups (broad SMARTS) is 1. The van der Waals surface area contributed by atoms with Gasteiger partial charge >= 0.3 is 5.97 Å². The van der Waals surface area contributed by atoms with Gasteiger partial charge in [-0.2, -0.15) is 0 Å². The monoisotopic (exact) mass is 248 g/mol. The zero-order valence-electron chi connectivity index (χ0n) is 10.1. The molecule has 1 aliphatic rings. The minimum Gasteiger partial charge on any atom is -0.481 e. The number of nitrogens with one attached hydrogen (secondary N) is 2. The molecule has 5 heteroatoms. The molecule has 0 heterocycles. The molecule has 0 bridgehead atoms. The van der Waals surface area contributed by atoms with Crippen LogP contribution in [0, 0.1) is 5.92 Å². The summed E-state index contributed by atoms with van der Waals surface area (Å²) in [5.41, 5.74) is 1.61. The third-order valence-corrected chi connectivity index (χ3v) is 3.15. The molecule has 2 unspecified atom stereocenters. The van der Waals surface area contributed by atoms with E-state index in [9.17, 15) is 9.59 Å². The molecule has 5 nitrogen and oxygen atoms in total. The first-order valence-corrected chi connectivity index (χ1v) is 5.93. The molecule has 96 valence electrons. The van der Waals surface area contributed by atoms with Crippen LogP contribution < -0.4 is 10.6 Å². The fraction of sp³-hybridized carbons (Fsp3) is 0.385. The Balaban J connectivity index is 1.94. The first-order valence-electron chi connectivity index (χ1n) is 5.93. The van der Waals surface area contributed by atoms with E-state index in [-0.39, 0.29) is 17.9 Å². The summed E-state index contributed by atoms with van der Waals surface area (Å²) in [5, 5.41) is 14.8. The van der Waals surface area contributed by atoms with E-state index in [2.05, 4.69) is 10.6 Å². The van der Waals surface area contributed by atoms with Crippen molar-refractivity contribution in [2.75, 3.05) is 10.6 Å². The Labute approximate surface area is 105 Å². The number of amides is 1. The van der Waals surface area contributed by atoms with Crippen molar-refractivity contribution in [3.63, 3.8) is 0 Å². The molecule has 3 N–H and O–H groups in total. The lowest BCUT2D eigenvalue weighted by atomic mass is 9.79. The second-order valence-electron chi connectivity index (χ2n) is 4.53. The second-order valence-corrected chi connectivity index (χ2v) is 4.53. The lowest BCUT2D eigenvalue weighted by Gasteiger charge is -2.34. The van der Waals surface area contributed by atoms with E-state index in [0.717, 1.165) is 24.2 Å². The van der Waals surface area contributed by atoms with Crippen molar-refractivity contribution in [2.45, 2.75) is 25.8 Å². The highest BCUT2D eigenvalue weighted by Gasteiger charge is 2.36. The van der Waals surface area contributed by atoms with Crippen molar-refractivity contribution < 1.29 is 14.7 Å². The van der Waals surface area contributed by atoms with Crippen molar-refractivity contribution in [2.24, 2.45) is 5.92 Å². The number of benzene rings is 1. The normalized spacial score (nSPS) is 21.8. The fourth-order valence-corrected chi connectivity index (χ4v) is 2.04. The van der Waals surface area contributed by atoms with Gasteiger partial charge in [-0.25, -0.2) is 0 Å². The average Bonchev–Trinajstić information content (AvgIpc) is 2.25. The molecule has 1 aromatic carbocycles. The highest BCUT2D eigenvalue weighted by molar-refractivity contribution is 5.88. The van der Waals surface area contributed by atoms with Crippen LogP contribution in [-0.4, -0.2) is 23.0 Å². The molecule has 2 rings (SSSR count). The SMILES string of the molecule is CC(=O)Nc1ccc(NC2CCC2C(=O)O)cc1. The van der Waals surface area contributed by atoms with Gasteiger partial charge in [-0.1, -0.05) is 0 Å². The average molecular weight is 248 g/mol. The number of carboxylic acids is 1. The van der Waals surface area contributed by atoms with Crippen LogP contribution >= 0.6 is 0 Å². The van der Waals surface area contributed by atoms with Gasteiger partial charge in [0.05, 0.1) is 5.92 Å². The predicted molar refractivity (Wildman–Crippen MR) is 68.5 cm³/mol. The van der Waals surface area contributed by atoms with E-state index in [4.69, 9.17) is 5.11 Å². The molecule has 1 aliphatic carbocycles. The minimum atomic E-state index is -0.742. The standard InChI is InChI=1S/C13H16N2O3/c1-8(16)14-9-2-4-10(5-3-9)15-12-7-6-11(12)13(17)18/h2-5,11-12,15H,6-7H2,1H3,(H,14,16)(H,17,18). The number of carbonyl (C=O) groups is 2. The Bertz CT molecular complexity index is 456. The number of rotatable bonds is 4. The highest BCUT2D eigenvalue weighted by Crippen LogP contribution is 2.30. The lowest BCUT2D eigenvalue weighted by molar-refractivity contribution is -0.145. The van der Waals surface area contributed by atoms with Gasteiger partial charge in [-0.15, -0.1) is 0 Å². The van der Waals surface area contributed by atoms with E-state index in [1.165, 1.54) is 6.92 Å². The van der Waals surface area contributed by atoms with Crippen molar-refractivity contribution in [1.29, 1.82) is 0 Å². The van der Waals surface area contributed by atoms with Gasteiger partial charge in [0.2, 0.25) is 5.91 Å². The van der Waals surface area contributed by atoms with Crippen LogP contribution in [0.5, 0.6) is 0 Å². The number of carbonyl (C=O) groups excluding carboxylic acids is 1. The fourth-order valence-electron chi connectivity index (χ4n) is 2.04. The smallest absolute Gasteiger partial charge is 0.308 e. The lowest BCUT2D eigenvalue weighted by Crippen LogP contribution is -2.42. The Hall–Kier alpha value is -2.04. The van der Waals surface area contributed by atoms with Crippen molar-refractivity contribution in [3.8, 4) is 0 Å². The topological polar surface area (TPSA) is 78.4 Å². The molecule has 0 aromatic heterocycles. The Morgan fingerprint density at radius 2 is 1.78 bits per heavy atom. The third-order valence-electron chi connectivity index (χ3n) is 3.15. The number of hydrogen-bond acceptors (Lipinski definition) is 3. The van der Waals surface area contributed by atoms with Crippen LogP contribution in [0.3, 0.4) is 0 Å². The number of anilines is 2. The molecule has 0 spiro atoms. The summed E-state index contributed by atoms with van der Waals surface area (Å²) in [7, 11) is 0. The summed E-state index contributed by atoms with van der Waals surface area (Å²) < 4.78 is 0. The molecule has 18 heavy (non-hydrogen) atoms. The van der Waals surface area contributed by atoms with Crippen LogP contribution in [0.15, 0.2) is 24.3 Å². The van der Waals surface area contributed by atoms with Gasteiger partial charge in [-0.05, 0) is 37.1 Å². The molecular formula is C13H16N2O3. The first kappa shape index (κ1) is 12.4. The highest BCUT2D eigenvalue weighted by atomic mass is 16.4. The first-order chi connectivity index (χ1) is 8.56. The largest absolute Gasteiger partial charge is 0.481 e. The van der Waals surface area contributed by atoms with Gasteiger partial charge in [0.15, 0.2) is 0 Å². The van der Waals surface area contributed by atoms with Gasteiger partial charge in [0.25, 0.3) is 0 Å². The zero-order valence-corrected chi connectivity index (χ0v) is 10.1. The Morgan fingerprint density at radius 3 is 2.22 bits per heavy atom. The van der Waals surface area contributed by atoms with Crippen LogP contribution in [0.1, 0.15) is 19.8 Å². The molecule has 2 atom stereocenters. The van der Waals surface area contributed by atoms with Gasteiger partial charge in [0.1, 0.15) is 0 Å². The Morgan fingerprint density at radius 1 is 1.17 bits per heavy atom. The molecule has 1 fully saturated rings.